The second-order valence-electron chi connectivity index (χ2n) is 22.4. The van der Waals surface area contributed by atoms with Crippen molar-refractivity contribution in [1.82, 2.24) is 10.2 Å². The van der Waals surface area contributed by atoms with Gasteiger partial charge in [0, 0.05) is 31.6 Å². The number of carbonyl (C=O) groups is 7. The summed E-state index contributed by atoms with van der Waals surface area (Å²) in [5.41, 5.74) is -8.11. The predicted octanol–water partition coefficient (Wildman–Crippen LogP) is 6.04. The molecule has 0 unspecified atom stereocenters. The van der Waals surface area contributed by atoms with Crippen LogP contribution >= 0.6 is 0 Å². The summed E-state index contributed by atoms with van der Waals surface area (Å²) in [5.74, 6) is -7.16. The second-order valence-corrected chi connectivity index (χ2v) is 22.4. The molecule has 3 aromatic rings. The zero-order valence-electron chi connectivity index (χ0n) is 46.0. The number of fused-ring (bicyclic) bond motifs is 5. The van der Waals surface area contributed by atoms with Crippen LogP contribution in [-0.4, -0.2) is 141 Å². The van der Waals surface area contributed by atoms with Crippen LogP contribution in [0, 0.1) is 16.7 Å². The number of benzene rings is 3. The number of aliphatic hydroxyl groups excluding tert-OH is 2. The standard InChI is InChI=1S/C59H74N2O17/c1-11-61(12-2)39(28-29-43(64)72-32-36-22-16-13-17-23-36)52(68)75-47(45(37-24-18-14-19-25-37)60-54(70)78-55(5,6)7)53(69)74-40-31-59(71)50(76-51(67)38-26-20-15-21-27-38)48-57(10,49(66)46(65)44(34(40)3)56(59,8)9)41(63)30-42-58(48,33-73-42)77-35(4)62/h13-27,39-42,45-48,50,63,65,71H,11-12,28-33H2,1-10H3,(H,60,70)/t39-,40-,41-,42+,45-,46+,47+,48-,50-,57+,58-,59+/m0/s1. The summed E-state index contributed by atoms with van der Waals surface area (Å²) in [6.07, 6.45) is -12.5. The first kappa shape index (κ1) is 59.2. The van der Waals surface area contributed by atoms with Crippen LogP contribution in [0.1, 0.15) is 122 Å². The molecule has 7 rings (SSSR count). The SMILES string of the molecule is CCN(CC)[C@@H](CCC(=O)OCc1ccccc1)C(=O)O[C@@H](C(=O)O[C@H]1C[C@@]2(O)[C@@H](OC(=O)c3ccccc3)[C@@H]3[C@]4(OC(C)=O)CO[C@@H]4C[C@H](O)[C@@]3(C)C(=O)[C@H](O)C(=C1C)C2(C)C)[C@@H](NC(=O)OC(C)(C)C)c1ccccc1. The summed E-state index contributed by atoms with van der Waals surface area (Å²) in [6.45, 7) is 15.9. The van der Waals surface area contributed by atoms with Gasteiger partial charge in [-0.3, -0.25) is 24.1 Å². The Labute approximate surface area is 454 Å². The fourth-order valence-corrected chi connectivity index (χ4v) is 12.0. The molecule has 78 heavy (non-hydrogen) atoms. The maximum absolute atomic E-state index is 15.5. The van der Waals surface area contributed by atoms with E-state index >= 15 is 9.59 Å². The average molecular weight is 1080 g/mol. The molecule has 19 heteroatoms. The fraction of sp³-hybridized carbons (Fsp3) is 0.542. The molecule has 2 bridgehead atoms. The van der Waals surface area contributed by atoms with Gasteiger partial charge in [-0.25, -0.2) is 14.4 Å². The minimum Gasteiger partial charge on any atom is -0.461 e. The summed E-state index contributed by atoms with van der Waals surface area (Å²) in [6, 6.07) is 22.3. The number of hydrogen-bond donors (Lipinski definition) is 4. The molecule has 3 fully saturated rings. The third-order valence-corrected chi connectivity index (χ3v) is 16.2. The smallest absolute Gasteiger partial charge is 0.408 e. The van der Waals surface area contributed by atoms with E-state index in [2.05, 4.69) is 5.32 Å². The van der Waals surface area contributed by atoms with Crippen molar-refractivity contribution >= 4 is 41.7 Å². The minimum absolute atomic E-state index is 0.00255. The zero-order valence-corrected chi connectivity index (χ0v) is 46.0. The summed E-state index contributed by atoms with van der Waals surface area (Å²) >= 11 is 0. The molecule has 12 atom stereocenters. The molecule has 4 aliphatic rings. The summed E-state index contributed by atoms with van der Waals surface area (Å²) in [5, 5.41) is 41.3. The van der Waals surface area contributed by atoms with Crippen molar-refractivity contribution in [3.05, 3.63) is 119 Å². The predicted molar refractivity (Wildman–Crippen MR) is 280 cm³/mol. The Kier molecular flexibility index (Phi) is 17.8. The fourth-order valence-electron chi connectivity index (χ4n) is 12.0. The highest BCUT2D eigenvalue weighted by atomic mass is 16.6. The van der Waals surface area contributed by atoms with Gasteiger partial charge in [0.25, 0.3) is 0 Å². The van der Waals surface area contributed by atoms with Gasteiger partial charge in [-0.2, -0.15) is 0 Å². The van der Waals surface area contributed by atoms with Crippen molar-refractivity contribution in [3.8, 4) is 0 Å². The maximum atomic E-state index is 15.5. The van der Waals surface area contributed by atoms with Crippen molar-refractivity contribution in [3.63, 3.8) is 0 Å². The number of aliphatic hydroxyl groups is 3. The van der Waals surface area contributed by atoms with Crippen LogP contribution in [0.3, 0.4) is 0 Å². The van der Waals surface area contributed by atoms with Crippen LogP contribution in [0.4, 0.5) is 4.79 Å². The molecular formula is C59H74N2O17. The maximum Gasteiger partial charge on any atom is 0.408 e. The van der Waals surface area contributed by atoms with E-state index in [4.69, 9.17) is 33.2 Å². The highest BCUT2D eigenvalue weighted by Gasteiger charge is 2.78. The number of esters is 5. The summed E-state index contributed by atoms with van der Waals surface area (Å²) in [7, 11) is 0. The number of rotatable bonds is 18. The Morgan fingerprint density at radius 2 is 1.46 bits per heavy atom. The van der Waals surface area contributed by atoms with Crippen molar-refractivity contribution < 1.29 is 82.0 Å². The molecule has 4 N–H and O–H groups in total. The molecule has 0 spiro atoms. The zero-order chi connectivity index (χ0) is 57.1. The first-order valence-corrected chi connectivity index (χ1v) is 26.5. The van der Waals surface area contributed by atoms with Gasteiger partial charge in [0.15, 0.2) is 11.4 Å². The highest BCUT2D eigenvalue weighted by molar-refractivity contribution is 5.94. The lowest BCUT2D eigenvalue weighted by atomic mass is 9.44. The Hall–Kier alpha value is -6.51. The number of carbonyl (C=O) groups excluding carboxylic acids is 7. The Morgan fingerprint density at radius 3 is 2.03 bits per heavy atom. The van der Waals surface area contributed by atoms with Crippen molar-refractivity contribution in [1.29, 1.82) is 0 Å². The molecule has 19 nitrogen and oxygen atoms in total. The molecule has 0 aromatic heterocycles. The molecule has 422 valence electrons. The number of alkyl carbamates (subject to hydrolysis) is 1. The largest absolute Gasteiger partial charge is 0.461 e. The lowest BCUT2D eigenvalue weighted by molar-refractivity contribution is -0.346. The summed E-state index contributed by atoms with van der Waals surface area (Å²) < 4.78 is 42.4. The van der Waals surface area contributed by atoms with Crippen LogP contribution in [-0.2, 0) is 63.7 Å². The number of Topliss-reactive ketones (excluding diaryl/α,β-unsaturated/α-hetero) is 1. The normalized spacial score (nSPS) is 28.4. The van der Waals surface area contributed by atoms with Gasteiger partial charge in [0.1, 0.15) is 54.3 Å². The number of likely N-dealkylation sites (N-methyl/N-ethyl adjacent to an activating group) is 1. The van der Waals surface area contributed by atoms with E-state index in [1.165, 1.54) is 39.8 Å². The number of ether oxygens (including phenoxy) is 7. The molecule has 3 aliphatic carbocycles. The first-order chi connectivity index (χ1) is 36.7. The van der Waals surface area contributed by atoms with E-state index in [1.807, 2.05) is 18.2 Å². The third kappa shape index (κ3) is 11.6. The van der Waals surface area contributed by atoms with Gasteiger partial charge in [0.2, 0.25) is 6.10 Å². The molecule has 1 heterocycles. The van der Waals surface area contributed by atoms with Crippen LogP contribution < -0.4 is 5.32 Å². The lowest BCUT2D eigenvalue weighted by Crippen LogP contribution is -2.81. The molecule has 1 saturated heterocycles. The van der Waals surface area contributed by atoms with E-state index in [0.717, 1.165) is 12.5 Å². The van der Waals surface area contributed by atoms with E-state index in [1.54, 1.807) is 100 Å². The highest BCUT2D eigenvalue weighted by Crippen LogP contribution is 2.64. The topological polar surface area (TPSA) is 260 Å². The molecular weight excluding hydrogens is 1010 g/mol. The van der Waals surface area contributed by atoms with Crippen LogP contribution in [0.2, 0.25) is 0 Å². The van der Waals surface area contributed by atoms with E-state index < -0.39 is 130 Å². The number of hydrogen-bond acceptors (Lipinski definition) is 18. The first-order valence-electron chi connectivity index (χ1n) is 26.5. The quantitative estimate of drug-likeness (QED) is 0.0642. The van der Waals surface area contributed by atoms with Gasteiger partial charge >= 0.3 is 35.9 Å². The number of ketones is 1. The monoisotopic (exact) mass is 1080 g/mol. The Balaban J connectivity index is 1.34. The van der Waals surface area contributed by atoms with Gasteiger partial charge in [0.05, 0.1) is 29.6 Å². The van der Waals surface area contributed by atoms with Gasteiger partial charge in [-0.15, -0.1) is 0 Å². The van der Waals surface area contributed by atoms with Crippen LogP contribution in [0.25, 0.3) is 0 Å². The van der Waals surface area contributed by atoms with Crippen molar-refractivity contribution in [2.75, 3.05) is 19.7 Å². The Morgan fingerprint density at radius 1 is 0.859 bits per heavy atom. The third-order valence-electron chi connectivity index (χ3n) is 16.2. The van der Waals surface area contributed by atoms with Gasteiger partial charge in [-0.1, -0.05) is 107 Å². The van der Waals surface area contributed by atoms with Crippen molar-refractivity contribution in [2.24, 2.45) is 16.7 Å². The second kappa shape index (κ2) is 23.4. The van der Waals surface area contributed by atoms with Crippen molar-refractivity contribution in [2.45, 2.75) is 167 Å². The molecule has 1 aliphatic heterocycles. The van der Waals surface area contributed by atoms with E-state index in [-0.39, 0.29) is 54.7 Å². The Bertz CT molecular complexity index is 2720. The number of nitrogens with one attached hydrogen (secondary N) is 1. The molecule has 3 aromatic carbocycles. The number of amides is 1. The molecule has 2 saturated carbocycles. The number of nitrogens with zero attached hydrogens (tertiary/aromatic N) is 1. The van der Waals surface area contributed by atoms with E-state index in [9.17, 15) is 39.3 Å². The lowest BCUT2D eigenvalue weighted by Gasteiger charge is -2.67. The molecule has 0 radical (unpaired) electrons. The van der Waals surface area contributed by atoms with Crippen LogP contribution in [0.5, 0.6) is 0 Å². The summed E-state index contributed by atoms with van der Waals surface area (Å²) in [4.78, 5) is 102. The van der Waals surface area contributed by atoms with Crippen LogP contribution in [0.15, 0.2) is 102 Å². The molecule has 1 amide bonds. The van der Waals surface area contributed by atoms with E-state index in [0.29, 0.717) is 13.1 Å². The average Bonchev–Trinajstić information content (AvgIpc) is 3.42. The van der Waals surface area contributed by atoms with Gasteiger partial charge in [-0.05, 0) is 88.5 Å². The van der Waals surface area contributed by atoms with Gasteiger partial charge < -0.3 is 53.8 Å². The minimum atomic E-state index is -2.47.